The lowest BCUT2D eigenvalue weighted by Crippen LogP contribution is -2.55. The van der Waals surface area contributed by atoms with E-state index in [4.69, 9.17) is 9.47 Å². The third-order valence-corrected chi connectivity index (χ3v) is 4.89. The van der Waals surface area contributed by atoms with Crippen LogP contribution in [0.25, 0.3) is 0 Å². The maximum atomic E-state index is 12.4. The van der Waals surface area contributed by atoms with Crippen molar-refractivity contribution in [3.8, 4) is 0 Å². The van der Waals surface area contributed by atoms with Gasteiger partial charge in [-0.25, -0.2) is 4.98 Å². The Hall–Kier alpha value is -1.70. The smallest absolute Gasteiger partial charge is 0.252 e. The first-order valence-electron chi connectivity index (χ1n) is 8.96. The van der Waals surface area contributed by atoms with Crippen LogP contribution in [0.3, 0.4) is 0 Å². The molecule has 138 valence electrons. The number of carbonyl (C=O) groups excluding carboxylic acids is 1. The highest BCUT2D eigenvalue weighted by molar-refractivity contribution is 5.94. The van der Waals surface area contributed by atoms with Gasteiger partial charge in [-0.2, -0.15) is 0 Å². The molecule has 1 aromatic heterocycles. The fourth-order valence-electron chi connectivity index (χ4n) is 3.18. The largest absolute Gasteiger partial charge is 0.379 e. The zero-order valence-corrected chi connectivity index (χ0v) is 15.2. The first-order valence-corrected chi connectivity index (χ1v) is 8.96. The van der Waals surface area contributed by atoms with Crippen molar-refractivity contribution in [1.29, 1.82) is 0 Å². The van der Waals surface area contributed by atoms with Crippen molar-refractivity contribution in [2.45, 2.75) is 19.4 Å². The number of anilines is 1. The van der Waals surface area contributed by atoms with Gasteiger partial charge in [-0.3, -0.25) is 9.69 Å². The minimum atomic E-state index is -0.0966. The maximum absolute atomic E-state index is 12.4. The molecule has 2 aliphatic heterocycles. The van der Waals surface area contributed by atoms with Crippen LogP contribution in [0.2, 0.25) is 0 Å². The highest BCUT2D eigenvalue weighted by Gasteiger charge is 2.28. The van der Waals surface area contributed by atoms with Crippen molar-refractivity contribution < 1.29 is 14.3 Å². The molecule has 25 heavy (non-hydrogen) atoms. The average Bonchev–Trinajstić information content (AvgIpc) is 2.68. The van der Waals surface area contributed by atoms with E-state index >= 15 is 0 Å². The zero-order valence-electron chi connectivity index (χ0n) is 15.2. The lowest BCUT2D eigenvalue weighted by atomic mass is 10.0. The topological polar surface area (TPSA) is 66.9 Å². The summed E-state index contributed by atoms with van der Waals surface area (Å²) in [6.07, 6.45) is 1.65. The summed E-state index contributed by atoms with van der Waals surface area (Å²) in [6, 6.07) is 3.75. The van der Waals surface area contributed by atoms with Gasteiger partial charge in [0.25, 0.3) is 5.91 Å². The van der Waals surface area contributed by atoms with Gasteiger partial charge in [0.1, 0.15) is 5.82 Å². The van der Waals surface area contributed by atoms with Gasteiger partial charge in [0.05, 0.1) is 32.0 Å². The van der Waals surface area contributed by atoms with Crippen LogP contribution in [-0.2, 0) is 9.47 Å². The van der Waals surface area contributed by atoms with E-state index in [0.29, 0.717) is 12.1 Å². The van der Waals surface area contributed by atoms with E-state index < -0.39 is 0 Å². The van der Waals surface area contributed by atoms with Crippen LogP contribution in [0.4, 0.5) is 5.82 Å². The van der Waals surface area contributed by atoms with Gasteiger partial charge in [-0.1, -0.05) is 0 Å². The molecule has 3 heterocycles. The molecule has 0 saturated carbocycles. The lowest BCUT2D eigenvalue weighted by Gasteiger charge is -2.40. The van der Waals surface area contributed by atoms with E-state index in [1.165, 1.54) is 0 Å². The minimum Gasteiger partial charge on any atom is -0.379 e. The summed E-state index contributed by atoms with van der Waals surface area (Å²) in [6.45, 7) is 11.3. The minimum absolute atomic E-state index is 0.0811. The predicted octanol–water partition coefficient (Wildman–Crippen LogP) is 0.759. The SMILES string of the molecule is CC(C)(CNC(=O)c1ccc(N2CCOCC2)nc1)N1CCOCC1. The van der Waals surface area contributed by atoms with E-state index in [1.807, 2.05) is 12.1 Å². The normalized spacial score (nSPS) is 19.7. The summed E-state index contributed by atoms with van der Waals surface area (Å²) >= 11 is 0. The fourth-order valence-corrected chi connectivity index (χ4v) is 3.18. The number of hydrogen-bond acceptors (Lipinski definition) is 6. The van der Waals surface area contributed by atoms with Crippen molar-refractivity contribution in [3.05, 3.63) is 23.9 Å². The van der Waals surface area contributed by atoms with E-state index in [9.17, 15) is 4.79 Å². The van der Waals surface area contributed by atoms with Crippen LogP contribution in [0, 0.1) is 0 Å². The van der Waals surface area contributed by atoms with Crippen molar-refractivity contribution in [3.63, 3.8) is 0 Å². The molecule has 0 atom stereocenters. The average molecular weight is 348 g/mol. The quantitative estimate of drug-likeness (QED) is 0.847. The van der Waals surface area contributed by atoms with E-state index in [1.54, 1.807) is 6.20 Å². The molecule has 0 aliphatic carbocycles. The summed E-state index contributed by atoms with van der Waals surface area (Å²) in [5, 5.41) is 3.04. The number of carbonyl (C=O) groups is 1. The lowest BCUT2D eigenvalue weighted by molar-refractivity contribution is -0.00923. The molecule has 0 radical (unpaired) electrons. The molecule has 1 aromatic rings. The summed E-state index contributed by atoms with van der Waals surface area (Å²) < 4.78 is 10.8. The summed E-state index contributed by atoms with van der Waals surface area (Å²) in [5.74, 6) is 0.816. The third kappa shape index (κ3) is 4.68. The molecule has 1 amide bonds. The Morgan fingerprint density at radius 1 is 1.12 bits per heavy atom. The molecule has 0 bridgehead atoms. The standard InChI is InChI=1S/C18H28N4O3/c1-18(2,22-7-11-25-12-8-22)14-20-17(23)15-3-4-16(19-13-15)21-5-9-24-10-6-21/h3-4,13H,5-12,14H2,1-2H3,(H,20,23). The van der Waals surface area contributed by atoms with Crippen molar-refractivity contribution >= 4 is 11.7 Å². The van der Waals surface area contributed by atoms with Crippen LogP contribution >= 0.6 is 0 Å². The monoisotopic (exact) mass is 348 g/mol. The Morgan fingerprint density at radius 2 is 1.76 bits per heavy atom. The highest BCUT2D eigenvalue weighted by atomic mass is 16.5. The number of aromatic nitrogens is 1. The second-order valence-corrected chi connectivity index (χ2v) is 7.10. The maximum Gasteiger partial charge on any atom is 0.252 e. The first kappa shape index (κ1) is 18.1. The Morgan fingerprint density at radius 3 is 2.36 bits per heavy atom. The Bertz CT molecular complexity index is 564. The molecular weight excluding hydrogens is 320 g/mol. The van der Waals surface area contributed by atoms with Crippen molar-refractivity contribution in [1.82, 2.24) is 15.2 Å². The molecule has 0 spiro atoms. The molecule has 2 aliphatic rings. The van der Waals surface area contributed by atoms with Gasteiger partial charge < -0.3 is 19.7 Å². The third-order valence-electron chi connectivity index (χ3n) is 4.89. The molecule has 2 saturated heterocycles. The summed E-state index contributed by atoms with van der Waals surface area (Å²) in [4.78, 5) is 21.4. The second kappa shape index (κ2) is 8.12. The first-order chi connectivity index (χ1) is 12.1. The van der Waals surface area contributed by atoms with Gasteiger partial charge in [0.15, 0.2) is 0 Å². The molecule has 2 fully saturated rings. The molecule has 3 rings (SSSR count). The van der Waals surface area contributed by atoms with E-state index in [2.05, 4.69) is 33.9 Å². The Balaban J connectivity index is 1.53. The highest BCUT2D eigenvalue weighted by Crippen LogP contribution is 2.16. The van der Waals surface area contributed by atoms with Gasteiger partial charge in [0, 0.05) is 44.5 Å². The van der Waals surface area contributed by atoms with Crippen LogP contribution in [0.5, 0.6) is 0 Å². The Labute approximate surface area is 149 Å². The molecule has 7 heteroatoms. The predicted molar refractivity (Wildman–Crippen MR) is 96.1 cm³/mol. The number of amides is 1. The summed E-state index contributed by atoms with van der Waals surface area (Å²) in [7, 11) is 0. The van der Waals surface area contributed by atoms with Gasteiger partial charge >= 0.3 is 0 Å². The van der Waals surface area contributed by atoms with Crippen molar-refractivity contribution in [2.24, 2.45) is 0 Å². The van der Waals surface area contributed by atoms with Crippen LogP contribution in [0.15, 0.2) is 18.3 Å². The molecule has 0 aromatic carbocycles. The summed E-state index contributed by atoms with van der Waals surface area (Å²) in [5.41, 5.74) is 0.496. The molecular formula is C18H28N4O3. The van der Waals surface area contributed by atoms with Gasteiger partial charge in [-0.05, 0) is 26.0 Å². The van der Waals surface area contributed by atoms with Crippen LogP contribution in [0.1, 0.15) is 24.2 Å². The number of rotatable bonds is 5. The van der Waals surface area contributed by atoms with Gasteiger partial charge in [-0.15, -0.1) is 0 Å². The van der Waals surface area contributed by atoms with Crippen LogP contribution in [-0.4, -0.2) is 80.5 Å². The zero-order chi connectivity index (χ0) is 17.7. The number of morpholine rings is 2. The second-order valence-electron chi connectivity index (χ2n) is 7.10. The van der Waals surface area contributed by atoms with Crippen LogP contribution < -0.4 is 10.2 Å². The number of nitrogens with one attached hydrogen (secondary N) is 1. The van der Waals surface area contributed by atoms with Crippen molar-refractivity contribution in [2.75, 3.05) is 64.1 Å². The Kier molecular flexibility index (Phi) is 5.88. The number of hydrogen-bond donors (Lipinski definition) is 1. The molecule has 0 unspecified atom stereocenters. The van der Waals surface area contributed by atoms with E-state index in [0.717, 1.165) is 58.4 Å². The number of nitrogens with zero attached hydrogens (tertiary/aromatic N) is 3. The van der Waals surface area contributed by atoms with Gasteiger partial charge in [0.2, 0.25) is 0 Å². The molecule has 1 N–H and O–H groups in total. The number of pyridine rings is 1. The fraction of sp³-hybridized carbons (Fsp3) is 0.667. The number of ether oxygens (including phenoxy) is 2. The molecule has 7 nitrogen and oxygen atoms in total. The van der Waals surface area contributed by atoms with E-state index in [-0.39, 0.29) is 11.4 Å².